The Bertz CT molecular complexity index is 4930. The molecule has 0 radical (unpaired) electrons. The number of benzene rings is 12. The van der Waals surface area contributed by atoms with Crippen LogP contribution in [0.25, 0.3) is 55.3 Å². The second-order valence-corrected chi connectivity index (χ2v) is 27.8. The molecular weight excluding hydrogens is 1090 g/mol. The predicted octanol–water partition coefficient (Wildman–Crippen LogP) is 21.4. The van der Waals surface area contributed by atoms with E-state index in [2.05, 4.69) is 336 Å². The van der Waals surface area contributed by atoms with Crippen molar-refractivity contribution < 1.29 is 4.42 Å². The molecule has 0 saturated heterocycles. The van der Waals surface area contributed by atoms with Crippen molar-refractivity contribution in [3.8, 4) is 33.4 Å². The monoisotopic (exact) mass is 1160 g/mol. The van der Waals surface area contributed by atoms with E-state index in [1.807, 2.05) is 0 Å². The third-order valence-electron chi connectivity index (χ3n) is 20.7. The van der Waals surface area contributed by atoms with Crippen molar-refractivity contribution in [3.05, 3.63) is 312 Å². The fourth-order valence-corrected chi connectivity index (χ4v) is 16.0. The van der Waals surface area contributed by atoms with Crippen LogP contribution in [0.4, 0.5) is 45.5 Å². The summed E-state index contributed by atoms with van der Waals surface area (Å²) >= 11 is 0. The van der Waals surface area contributed by atoms with Gasteiger partial charge in [0.05, 0.1) is 16.8 Å². The molecule has 0 fully saturated rings. The summed E-state index contributed by atoms with van der Waals surface area (Å²) in [5.41, 5.74) is 28.7. The van der Waals surface area contributed by atoms with Crippen LogP contribution >= 0.6 is 0 Å². The van der Waals surface area contributed by atoms with Gasteiger partial charge in [-0.3, -0.25) is 0 Å². The van der Waals surface area contributed by atoms with Crippen LogP contribution in [-0.2, 0) is 21.7 Å². The van der Waals surface area contributed by atoms with Crippen LogP contribution in [0, 0.1) is 0 Å². The summed E-state index contributed by atoms with van der Waals surface area (Å²) in [7, 11) is 0. The molecule has 1 aliphatic carbocycles. The van der Waals surface area contributed by atoms with E-state index in [1.165, 1.54) is 89.1 Å². The minimum atomic E-state index is -0.716. The zero-order chi connectivity index (χ0) is 60.8. The van der Waals surface area contributed by atoms with Gasteiger partial charge in [0.2, 0.25) is 0 Å². The minimum Gasteiger partial charge on any atom is -0.454 e. The number of fused-ring (bicyclic) bond motifs is 11. The highest BCUT2D eigenvalue weighted by Gasteiger charge is 2.55. The molecular formula is C85H70BN3O. The molecule has 12 aromatic carbocycles. The first-order chi connectivity index (χ1) is 43.8. The van der Waals surface area contributed by atoms with Gasteiger partial charge in [-0.1, -0.05) is 249 Å². The van der Waals surface area contributed by atoms with Crippen molar-refractivity contribution in [2.24, 2.45) is 0 Å². The first-order valence-corrected chi connectivity index (χ1v) is 32.1. The lowest BCUT2D eigenvalue weighted by Gasteiger charge is -2.53. The topological polar surface area (TPSA) is 22.9 Å². The van der Waals surface area contributed by atoms with Crippen LogP contribution in [0.5, 0.6) is 0 Å². The Morgan fingerprint density at radius 1 is 0.422 bits per heavy atom. The van der Waals surface area contributed by atoms with E-state index in [1.54, 1.807) is 0 Å². The first-order valence-electron chi connectivity index (χ1n) is 32.1. The second-order valence-electron chi connectivity index (χ2n) is 27.8. The summed E-state index contributed by atoms with van der Waals surface area (Å²) < 4.78 is 7.53. The van der Waals surface area contributed by atoms with Crippen molar-refractivity contribution in [2.45, 2.75) is 83.0 Å². The third-order valence-corrected chi connectivity index (χ3v) is 20.7. The van der Waals surface area contributed by atoms with Crippen LogP contribution in [0.2, 0.25) is 0 Å². The summed E-state index contributed by atoms with van der Waals surface area (Å²) in [6.07, 6.45) is 2.20. The lowest BCUT2D eigenvalue weighted by Crippen LogP contribution is -2.62. The van der Waals surface area contributed by atoms with Gasteiger partial charge in [-0.15, -0.1) is 0 Å². The number of hydrogen-bond acceptors (Lipinski definition) is 4. The van der Waals surface area contributed by atoms with Gasteiger partial charge >= 0.3 is 6.85 Å². The van der Waals surface area contributed by atoms with Crippen LogP contribution in [0.15, 0.2) is 277 Å². The van der Waals surface area contributed by atoms with Gasteiger partial charge in [-0.25, -0.2) is 0 Å². The number of anilines is 8. The quantitative estimate of drug-likeness (QED) is 0.141. The number of para-hydroxylation sites is 2. The molecule has 0 amide bonds. The SMILES string of the molecule is CC(C)(C)c1ccc(N(c2ccc(-c3ccccc3)cc2)c2ccc3c(c2)-c2cc4c(oc5ccccc54)c4c2B(c2cccc5c2N4c2cc4c(cc2C5(c2ccccc2)c2ccccc2)C(C)(C)CCC4(C)C)N3c2ccc(-c3ccccc3)cc2)cc1. The molecule has 17 rings (SSSR count). The molecule has 4 nitrogen and oxygen atoms in total. The van der Waals surface area contributed by atoms with Crippen molar-refractivity contribution in [3.63, 3.8) is 0 Å². The molecule has 4 aliphatic rings. The zero-order valence-corrected chi connectivity index (χ0v) is 52.2. The highest BCUT2D eigenvalue weighted by atomic mass is 16.3. The maximum absolute atomic E-state index is 7.53. The van der Waals surface area contributed by atoms with Crippen molar-refractivity contribution in [1.82, 2.24) is 0 Å². The van der Waals surface area contributed by atoms with Crippen LogP contribution in [-0.4, -0.2) is 6.85 Å². The minimum absolute atomic E-state index is 0.00815. The molecule has 0 unspecified atom stereocenters. The first kappa shape index (κ1) is 54.1. The fourth-order valence-electron chi connectivity index (χ4n) is 16.0. The van der Waals surface area contributed by atoms with Gasteiger partial charge in [0.15, 0.2) is 5.58 Å². The van der Waals surface area contributed by atoms with E-state index in [0.717, 1.165) is 74.5 Å². The van der Waals surface area contributed by atoms with E-state index < -0.39 is 5.41 Å². The van der Waals surface area contributed by atoms with Gasteiger partial charge in [-0.2, -0.15) is 0 Å². The molecule has 0 N–H and O–H groups in total. The Morgan fingerprint density at radius 3 is 1.57 bits per heavy atom. The summed E-state index contributed by atoms with van der Waals surface area (Å²) in [6, 6.07) is 103. The molecule has 0 atom stereocenters. The zero-order valence-electron chi connectivity index (χ0n) is 52.2. The molecule has 0 saturated carbocycles. The highest BCUT2D eigenvalue weighted by molar-refractivity contribution is 6.94. The van der Waals surface area contributed by atoms with E-state index in [9.17, 15) is 0 Å². The lowest BCUT2D eigenvalue weighted by molar-refractivity contribution is 0.331. The Labute approximate surface area is 529 Å². The molecule has 13 aromatic rings. The molecule has 90 heavy (non-hydrogen) atoms. The Morgan fingerprint density at radius 2 is 0.956 bits per heavy atom. The van der Waals surface area contributed by atoms with Crippen molar-refractivity contribution in [2.75, 3.05) is 14.6 Å². The molecule has 1 aromatic heterocycles. The second kappa shape index (κ2) is 20.0. The molecule has 5 heteroatoms. The molecule has 0 bridgehead atoms. The van der Waals surface area contributed by atoms with Gasteiger partial charge in [0.1, 0.15) is 5.58 Å². The smallest absolute Gasteiger partial charge is 0.333 e. The average molecular weight is 1160 g/mol. The summed E-state index contributed by atoms with van der Waals surface area (Å²) in [5.74, 6) is 0. The summed E-state index contributed by atoms with van der Waals surface area (Å²) in [4.78, 5) is 7.82. The normalized spacial score (nSPS) is 15.4. The van der Waals surface area contributed by atoms with Gasteiger partial charge < -0.3 is 19.0 Å². The number of rotatable bonds is 8. The Balaban J connectivity index is 0.997. The largest absolute Gasteiger partial charge is 0.454 e. The molecule has 0 spiro atoms. The maximum atomic E-state index is 7.53. The average Bonchev–Trinajstić information content (AvgIpc) is 0.852. The third kappa shape index (κ3) is 8.07. The van der Waals surface area contributed by atoms with E-state index in [0.29, 0.717) is 0 Å². The fraction of sp³-hybridized carbons (Fsp3) is 0.153. The van der Waals surface area contributed by atoms with Crippen LogP contribution in [0.3, 0.4) is 0 Å². The summed E-state index contributed by atoms with van der Waals surface area (Å²) in [5, 5.41) is 2.21. The number of nitrogens with zero attached hydrogens (tertiary/aromatic N) is 3. The van der Waals surface area contributed by atoms with Crippen LogP contribution < -0.4 is 25.5 Å². The maximum Gasteiger partial charge on any atom is 0.333 e. The molecule has 434 valence electrons. The van der Waals surface area contributed by atoms with E-state index in [-0.39, 0.29) is 23.1 Å². The Kier molecular flexibility index (Phi) is 12.0. The number of furan rings is 1. The number of hydrogen-bond donors (Lipinski definition) is 0. The Hall–Kier alpha value is -10.1. The van der Waals surface area contributed by atoms with E-state index in [4.69, 9.17) is 4.42 Å². The van der Waals surface area contributed by atoms with E-state index >= 15 is 0 Å². The van der Waals surface area contributed by atoms with Gasteiger partial charge in [-0.05, 0) is 180 Å². The van der Waals surface area contributed by atoms with Crippen molar-refractivity contribution in [1.29, 1.82) is 0 Å². The van der Waals surface area contributed by atoms with Crippen LogP contribution in [0.1, 0.15) is 100 Å². The highest BCUT2D eigenvalue weighted by Crippen LogP contribution is 2.63. The molecule has 3 aliphatic heterocycles. The van der Waals surface area contributed by atoms with Gasteiger partial charge in [0.25, 0.3) is 0 Å². The summed E-state index contributed by atoms with van der Waals surface area (Å²) in [6.45, 7) is 16.5. The van der Waals surface area contributed by atoms with Gasteiger partial charge in [0, 0.05) is 50.5 Å². The van der Waals surface area contributed by atoms with Crippen molar-refractivity contribution >= 4 is 85.2 Å². The standard InChI is InChI=1S/C85H70BN3O/c1-82(2,3)59-39-45-63(46-40-59)87(62-41-35-57(36-42-62)55-23-12-8-13-24-55)65-47-48-75-67(51-65)68-52-69-66-31-20-21-34-77(66)90-81(69)80-78(68)86(89(75)64-43-37-58(38-44-64)56-25-14-9-15-26-56)74-33-22-32-70-79(74)88(80)76-54-72-71(83(4,5)49-50-84(72,6)7)53-73(76)85(70,60-27-16-10-17-28-60)61-29-18-11-19-30-61/h8-48,51-54H,49-50H2,1-7H3. The lowest BCUT2D eigenvalue weighted by atomic mass is 9.42. The molecule has 4 heterocycles. The predicted molar refractivity (Wildman–Crippen MR) is 379 cm³/mol.